The lowest BCUT2D eigenvalue weighted by atomic mass is 9.48. The molecule has 0 atom stereocenters. The minimum absolute atomic E-state index is 0.148. The van der Waals surface area contributed by atoms with Crippen LogP contribution in [0.4, 0.5) is 0 Å². The molecule has 13 rings (SSSR count). The van der Waals surface area contributed by atoms with E-state index in [0.29, 0.717) is 25.7 Å². The molecule has 0 amide bonds. The zero-order valence-electron chi connectivity index (χ0n) is 30.3. The molecule has 0 aromatic heterocycles. The molecule has 268 valence electrons. The predicted molar refractivity (Wildman–Crippen MR) is 203 cm³/mol. The van der Waals surface area contributed by atoms with Gasteiger partial charge in [-0.25, -0.2) is 0 Å². The summed E-state index contributed by atoms with van der Waals surface area (Å²) in [7, 11) is 0. The lowest BCUT2D eigenvalue weighted by Gasteiger charge is -2.57. The molecule has 0 radical (unpaired) electrons. The van der Waals surface area contributed by atoms with Gasteiger partial charge in [0.25, 0.3) is 0 Å². The molecular weight excluding hydrogens is 641 g/mol. The average molecular weight is 693 g/mol. The largest absolute Gasteiger partial charge is 0.507 e. The normalized spacial score (nSPS) is 33.8. The van der Waals surface area contributed by atoms with Crippen molar-refractivity contribution >= 4 is 0 Å². The summed E-state index contributed by atoms with van der Waals surface area (Å²) in [6, 6.07) is 21.1. The van der Waals surface area contributed by atoms with Crippen LogP contribution in [0.25, 0.3) is 0 Å². The third-order valence-electron chi connectivity index (χ3n) is 15.8. The molecule has 4 nitrogen and oxygen atoms in total. The highest BCUT2D eigenvalue weighted by Gasteiger charge is 2.53. The number of hydrogen-bond donors (Lipinski definition) is 4. The molecule has 9 aliphatic rings. The first-order valence-corrected chi connectivity index (χ1v) is 20.5. The summed E-state index contributed by atoms with van der Waals surface area (Å²) in [5.74, 6) is 5.89. The maximum atomic E-state index is 12.0. The predicted octanol–water partition coefficient (Wildman–Crippen LogP) is 10.1. The first-order valence-electron chi connectivity index (χ1n) is 20.5. The van der Waals surface area contributed by atoms with Crippen molar-refractivity contribution in [1.29, 1.82) is 0 Å². The van der Waals surface area contributed by atoms with Gasteiger partial charge in [0.2, 0.25) is 0 Å². The fraction of sp³-hybridized carbons (Fsp3) is 0.500. The fourth-order valence-electron chi connectivity index (χ4n) is 14.3. The minimum Gasteiger partial charge on any atom is -0.507 e. The van der Waals surface area contributed by atoms with E-state index >= 15 is 0 Å². The van der Waals surface area contributed by atoms with Gasteiger partial charge in [0.1, 0.15) is 23.0 Å². The molecule has 0 saturated heterocycles. The molecule has 4 N–H and O–H groups in total. The van der Waals surface area contributed by atoms with E-state index in [4.69, 9.17) is 0 Å². The zero-order chi connectivity index (χ0) is 34.9. The Kier molecular flexibility index (Phi) is 6.86. The molecule has 8 fully saturated rings. The van der Waals surface area contributed by atoms with E-state index in [-0.39, 0.29) is 33.8 Å². The Morgan fingerprint density at radius 2 is 0.577 bits per heavy atom. The molecule has 16 bridgehead atoms. The van der Waals surface area contributed by atoms with Gasteiger partial charge in [0.15, 0.2) is 0 Å². The lowest BCUT2D eigenvalue weighted by molar-refractivity contribution is -0.00538. The van der Waals surface area contributed by atoms with E-state index in [9.17, 15) is 20.4 Å². The fourth-order valence-corrected chi connectivity index (χ4v) is 14.3. The second kappa shape index (κ2) is 11.3. The highest BCUT2D eigenvalue weighted by molar-refractivity contribution is 5.57. The van der Waals surface area contributed by atoms with Gasteiger partial charge in [-0.1, -0.05) is 60.7 Å². The third-order valence-corrected chi connectivity index (χ3v) is 15.8. The molecule has 0 aliphatic heterocycles. The van der Waals surface area contributed by atoms with E-state index in [1.165, 1.54) is 88.2 Å². The number of rotatable bonds is 2. The van der Waals surface area contributed by atoms with Gasteiger partial charge in [-0.05, 0) is 179 Å². The summed E-state index contributed by atoms with van der Waals surface area (Å²) < 4.78 is 0. The standard InChI is InChI=1S/C48H52O4/c49-43-33-3-1-4-34(43)14-38-18-42(48-24-30-10-31(25-48)12-32(11-30)26-48)20-40(46(38)52)16-36-6-2-5-35(44(36)50)15-39-19-41(17-37(13-33)45(39)51)47-21-27-7-28(22-47)9-29(8-27)23-47/h1-6,17-20,27-32,49-52H,7-16,21-26H2. The number of hydrogen-bond acceptors (Lipinski definition) is 4. The Balaban J connectivity index is 1.06. The van der Waals surface area contributed by atoms with Gasteiger partial charge in [-0.15, -0.1) is 0 Å². The second-order valence-corrected chi connectivity index (χ2v) is 19.2. The van der Waals surface area contributed by atoms with E-state index in [1.807, 2.05) is 36.4 Å². The number of phenolic OH excluding ortho intramolecular Hbond substituents is 4. The second-order valence-electron chi connectivity index (χ2n) is 19.2. The van der Waals surface area contributed by atoms with Crippen LogP contribution in [0.5, 0.6) is 23.0 Å². The van der Waals surface area contributed by atoms with Gasteiger partial charge < -0.3 is 20.4 Å². The van der Waals surface area contributed by atoms with Crippen LogP contribution in [-0.4, -0.2) is 20.4 Å². The van der Waals surface area contributed by atoms with Crippen LogP contribution in [0.15, 0.2) is 60.7 Å². The van der Waals surface area contributed by atoms with Crippen LogP contribution in [-0.2, 0) is 36.5 Å². The number of fused-ring (bicyclic) bond motifs is 8. The number of phenols is 4. The van der Waals surface area contributed by atoms with Crippen molar-refractivity contribution in [2.24, 2.45) is 35.5 Å². The van der Waals surface area contributed by atoms with Gasteiger partial charge in [0.05, 0.1) is 0 Å². The summed E-state index contributed by atoms with van der Waals surface area (Å²) in [6.45, 7) is 0. The molecule has 0 heterocycles. The van der Waals surface area contributed by atoms with Crippen molar-refractivity contribution in [3.05, 3.63) is 116 Å². The van der Waals surface area contributed by atoms with Crippen molar-refractivity contribution in [1.82, 2.24) is 0 Å². The zero-order valence-corrected chi connectivity index (χ0v) is 30.3. The van der Waals surface area contributed by atoms with Crippen molar-refractivity contribution in [3.63, 3.8) is 0 Å². The summed E-state index contributed by atoms with van der Waals surface area (Å²) >= 11 is 0. The molecule has 4 aromatic carbocycles. The Morgan fingerprint density at radius 3 is 0.827 bits per heavy atom. The first-order chi connectivity index (χ1) is 25.2. The average Bonchev–Trinajstić information content (AvgIpc) is 3.09. The minimum atomic E-state index is 0.148. The molecule has 4 heteroatoms. The van der Waals surface area contributed by atoms with Crippen LogP contribution in [0.2, 0.25) is 0 Å². The Labute approximate surface area is 307 Å². The van der Waals surface area contributed by atoms with Crippen molar-refractivity contribution < 1.29 is 20.4 Å². The first kappa shape index (κ1) is 31.6. The molecular formula is C48H52O4. The maximum absolute atomic E-state index is 12.0. The summed E-state index contributed by atoms with van der Waals surface area (Å²) in [5, 5.41) is 47.9. The topological polar surface area (TPSA) is 80.9 Å². The van der Waals surface area contributed by atoms with Crippen LogP contribution < -0.4 is 0 Å². The summed E-state index contributed by atoms with van der Waals surface area (Å²) in [5.41, 5.74) is 9.61. The third kappa shape index (κ3) is 4.91. The monoisotopic (exact) mass is 692 g/mol. The maximum Gasteiger partial charge on any atom is 0.122 e. The van der Waals surface area contributed by atoms with Crippen LogP contribution in [0, 0.1) is 35.5 Å². The van der Waals surface area contributed by atoms with E-state index in [0.717, 1.165) is 80.0 Å². The Morgan fingerprint density at radius 1 is 0.346 bits per heavy atom. The number of benzene rings is 4. The van der Waals surface area contributed by atoms with Crippen molar-refractivity contribution in [2.75, 3.05) is 0 Å². The molecule has 52 heavy (non-hydrogen) atoms. The highest BCUT2D eigenvalue weighted by Crippen LogP contribution is 2.62. The quantitative estimate of drug-likeness (QED) is 0.149. The highest BCUT2D eigenvalue weighted by atomic mass is 16.3. The van der Waals surface area contributed by atoms with Crippen LogP contribution >= 0.6 is 0 Å². The Hall–Kier alpha value is -3.92. The van der Waals surface area contributed by atoms with Crippen molar-refractivity contribution in [3.8, 4) is 23.0 Å². The molecule has 0 unspecified atom stereocenters. The van der Waals surface area contributed by atoms with E-state index < -0.39 is 0 Å². The SMILES string of the molecule is Oc1c2cccc1Cc1cc(C34CC5CC(CC(C5)C3)C4)cc(c1O)Cc1cccc(c1O)Cc1cc(C34CC5CC(CC(C5)C3)C4)cc(c1O)C2. The smallest absolute Gasteiger partial charge is 0.122 e. The molecule has 9 aliphatic carbocycles. The van der Waals surface area contributed by atoms with Crippen molar-refractivity contribution in [2.45, 2.75) is 114 Å². The lowest BCUT2D eigenvalue weighted by Crippen LogP contribution is -2.48. The summed E-state index contributed by atoms with van der Waals surface area (Å²) in [6.07, 6.45) is 17.4. The van der Waals surface area contributed by atoms with Crippen LogP contribution in [0.1, 0.15) is 133 Å². The number of aromatic hydroxyl groups is 4. The Bertz CT molecular complexity index is 1810. The van der Waals surface area contributed by atoms with Gasteiger partial charge in [-0.3, -0.25) is 0 Å². The number of para-hydroxylation sites is 2. The van der Waals surface area contributed by atoms with E-state index in [2.05, 4.69) is 24.3 Å². The van der Waals surface area contributed by atoms with E-state index in [1.54, 1.807) is 0 Å². The van der Waals surface area contributed by atoms with Crippen LogP contribution in [0.3, 0.4) is 0 Å². The molecule has 0 spiro atoms. The van der Waals surface area contributed by atoms with Gasteiger partial charge in [0, 0.05) is 25.7 Å². The molecule has 8 saturated carbocycles. The molecule has 4 aromatic rings. The van der Waals surface area contributed by atoms with Gasteiger partial charge >= 0.3 is 0 Å². The van der Waals surface area contributed by atoms with Gasteiger partial charge in [-0.2, -0.15) is 0 Å². The summed E-state index contributed by atoms with van der Waals surface area (Å²) in [4.78, 5) is 0.